The van der Waals surface area contributed by atoms with Gasteiger partial charge in [-0.15, -0.1) is 0 Å². The number of rotatable bonds is 10. The van der Waals surface area contributed by atoms with Gasteiger partial charge in [0.2, 0.25) is 17.7 Å². The van der Waals surface area contributed by atoms with Crippen LogP contribution in [0.4, 0.5) is 0 Å². The van der Waals surface area contributed by atoms with Gasteiger partial charge in [0.25, 0.3) is 5.91 Å². The van der Waals surface area contributed by atoms with Crippen molar-refractivity contribution in [1.82, 2.24) is 15.5 Å². The van der Waals surface area contributed by atoms with Crippen molar-refractivity contribution in [1.29, 1.82) is 0 Å². The lowest BCUT2D eigenvalue weighted by Gasteiger charge is -2.37. The van der Waals surface area contributed by atoms with E-state index in [-0.39, 0.29) is 53.7 Å². The van der Waals surface area contributed by atoms with Crippen LogP contribution in [-0.4, -0.2) is 65.5 Å². The second-order valence-electron chi connectivity index (χ2n) is 17.7. The molecule has 10 rings (SSSR count). The number of fused-ring (bicyclic) bond motifs is 3. The van der Waals surface area contributed by atoms with Crippen molar-refractivity contribution in [3.05, 3.63) is 144 Å². The van der Waals surface area contributed by atoms with E-state index >= 15 is 0 Å². The molecular formula is C54H67N3O7. The maximum atomic E-state index is 12.9. The zero-order valence-corrected chi connectivity index (χ0v) is 37.7. The highest BCUT2D eigenvalue weighted by atomic mass is 16.5. The second-order valence-corrected chi connectivity index (χ2v) is 17.7. The van der Waals surface area contributed by atoms with Gasteiger partial charge in [0.15, 0.2) is 0 Å². The Labute approximate surface area is 379 Å². The number of piperidine rings is 3. The van der Waals surface area contributed by atoms with Crippen LogP contribution in [0.2, 0.25) is 0 Å². The number of carbonyl (C=O) groups excluding carboxylic acids is 4. The molecule has 4 aromatic rings. The van der Waals surface area contributed by atoms with Crippen molar-refractivity contribution in [3.8, 4) is 0 Å². The molecule has 3 aliphatic heterocycles. The summed E-state index contributed by atoms with van der Waals surface area (Å²) in [5.74, 6) is 1.60. The first-order valence-electron chi connectivity index (χ1n) is 23.9. The molecule has 10 nitrogen and oxygen atoms in total. The zero-order chi connectivity index (χ0) is 44.7. The first kappa shape index (κ1) is 46.8. The van der Waals surface area contributed by atoms with E-state index in [4.69, 9.17) is 14.2 Å². The molecule has 9 atom stereocenters. The van der Waals surface area contributed by atoms with Crippen molar-refractivity contribution >= 4 is 23.6 Å². The molecular weight excluding hydrogens is 803 g/mol. The topological polar surface area (TPSA) is 123 Å². The van der Waals surface area contributed by atoms with Crippen molar-refractivity contribution < 1.29 is 33.4 Å². The number of ether oxygens (including phenoxy) is 3. The Morgan fingerprint density at radius 3 is 1.61 bits per heavy atom. The van der Waals surface area contributed by atoms with Crippen LogP contribution in [0.5, 0.6) is 0 Å². The van der Waals surface area contributed by atoms with Crippen LogP contribution in [0.25, 0.3) is 0 Å². The third kappa shape index (κ3) is 12.1. The molecule has 0 bridgehead atoms. The normalized spacial score (nSPS) is 27.7. The lowest BCUT2D eigenvalue weighted by atomic mass is 9.88. The largest absolute Gasteiger partial charge is 0.373 e. The van der Waals surface area contributed by atoms with Gasteiger partial charge in [0, 0.05) is 54.8 Å². The molecule has 340 valence electrons. The molecule has 0 spiro atoms. The molecule has 0 radical (unpaired) electrons. The number of hydrogen-bond acceptors (Lipinski definition) is 7. The van der Waals surface area contributed by atoms with Crippen LogP contribution in [0, 0.1) is 23.7 Å². The molecule has 9 unspecified atom stereocenters. The molecule has 64 heavy (non-hydrogen) atoms. The first-order valence-corrected chi connectivity index (χ1v) is 23.9. The Balaban J connectivity index is 0.000000144. The van der Waals surface area contributed by atoms with Gasteiger partial charge >= 0.3 is 0 Å². The summed E-state index contributed by atoms with van der Waals surface area (Å²) in [4.78, 5) is 50.0. The average Bonchev–Trinajstić information content (AvgIpc) is 4.09. The van der Waals surface area contributed by atoms with Crippen LogP contribution in [0.1, 0.15) is 112 Å². The SMILES string of the molecule is CC.O=C1CCC2C(CCC2OCc2ccccc2)N1.O=C1CCC2C(OCc3ccccc3)CCC2N1C(=O)c1ccccc1.O=C1NCCC2C(OCc3ccccc3)CCC12. The zero-order valence-electron chi connectivity index (χ0n) is 37.7. The molecule has 3 heterocycles. The molecule has 3 saturated carbocycles. The average molecular weight is 870 g/mol. The van der Waals surface area contributed by atoms with Gasteiger partial charge in [0.05, 0.1) is 38.1 Å². The van der Waals surface area contributed by atoms with Crippen molar-refractivity contribution in [2.45, 2.75) is 135 Å². The first-order chi connectivity index (χ1) is 31.4. The Hall–Kier alpha value is -5.16. The third-order valence-corrected chi connectivity index (χ3v) is 13.8. The van der Waals surface area contributed by atoms with E-state index in [1.54, 1.807) is 12.1 Å². The highest BCUT2D eigenvalue weighted by molar-refractivity contribution is 6.05. The van der Waals surface area contributed by atoms with Gasteiger partial charge in [-0.25, -0.2) is 0 Å². The monoisotopic (exact) mass is 869 g/mol. The van der Waals surface area contributed by atoms with E-state index in [2.05, 4.69) is 47.0 Å². The number of imide groups is 1. The van der Waals surface area contributed by atoms with Crippen molar-refractivity contribution in [2.75, 3.05) is 6.54 Å². The summed E-state index contributed by atoms with van der Waals surface area (Å²) in [6.07, 6.45) is 10.5. The summed E-state index contributed by atoms with van der Waals surface area (Å²) in [5, 5.41) is 6.04. The van der Waals surface area contributed by atoms with E-state index < -0.39 is 0 Å². The summed E-state index contributed by atoms with van der Waals surface area (Å²) < 4.78 is 18.2. The Morgan fingerprint density at radius 1 is 0.547 bits per heavy atom. The van der Waals surface area contributed by atoms with Gasteiger partial charge in [-0.05, 0) is 92.5 Å². The Morgan fingerprint density at radius 2 is 1.03 bits per heavy atom. The molecule has 10 heteroatoms. The smallest absolute Gasteiger partial charge is 0.260 e. The van der Waals surface area contributed by atoms with Crippen LogP contribution < -0.4 is 10.6 Å². The summed E-state index contributed by atoms with van der Waals surface area (Å²) in [6.45, 7) is 6.74. The van der Waals surface area contributed by atoms with Gasteiger partial charge in [-0.1, -0.05) is 123 Å². The fourth-order valence-electron chi connectivity index (χ4n) is 10.7. The quantitative estimate of drug-likeness (QED) is 0.153. The fourth-order valence-corrected chi connectivity index (χ4v) is 10.7. The van der Waals surface area contributed by atoms with Crippen LogP contribution >= 0.6 is 0 Å². The Kier molecular flexibility index (Phi) is 17.3. The van der Waals surface area contributed by atoms with E-state index in [1.807, 2.05) is 86.6 Å². The number of nitrogens with zero attached hydrogens (tertiary/aromatic N) is 1. The van der Waals surface area contributed by atoms with E-state index in [9.17, 15) is 19.2 Å². The number of hydrogen-bond donors (Lipinski definition) is 2. The lowest BCUT2D eigenvalue weighted by Crippen LogP contribution is -2.51. The molecule has 6 aliphatic rings. The molecule has 4 aromatic carbocycles. The van der Waals surface area contributed by atoms with E-state index in [0.717, 1.165) is 69.9 Å². The minimum absolute atomic E-state index is 0.0373. The number of carbonyl (C=O) groups is 4. The van der Waals surface area contributed by atoms with Crippen molar-refractivity contribution in [3.63, 3.8) is 0 Å². The maximum Gasteiger partial charge on any atom is 0.260 e. The summed E-state index contributed by atoms with van der Waals surface area (Å²) in [5.41, 5.74) is 4.16. The molecule has 3 saturated heterocycles. The highest BCUT2D eigenvalue weighted by Crippen LogP contribution is 2.41. The number of nitrogens with one attached hydrogen (secondary N) is 2. The fraction of sp³-hybridized carbons (Fsp3) is 0.481. The minimum Gasteiger partial charge on any atom is -0.373 e. The van der Waals surface area contributed by atoms with E-state index in [0.29, 0.717) is 62.2 Å². The van der Waals surface area contributed by atoms with Gasteiger partial charge < -0.3 is 24.8 Å². The van der Waals surface area contributed by atoms with Gasteiger partial charge in [-0.3, -0.25) is 24.1 Å². The van der Waals surface area contributed by atoms with Crippen LogP contribution in [-0.2, 0) is 48.4 Å². The van der Waals surface area contributed by atoms with Crippen LogP contribution in [0.15, 0.2) is 121 Å². The molecule has 2 N–H and O–H groups in total. The van der Waals surface area contributed by atoms with Gasteiger partial charge in [0.1, 0.15) is 0 Å². The van der Waals surface area contributed by atoms with E-state index in [1.165, 1.54) is 16.0 Å². The molecule has 4 amide bonds. The molecule has 0 aromatic heterocycles. The Bertz CT molecular complexity index is 2070. The van der Waals surface area contributed by atoms with Crippen LogP contribution in [0.3, 0.4) is 0 Å². The summed E-state index contributed by atoms with van der Waals surface area (Å²) >= 11 is 0. The molecule has 6 fully saturated rings. The number of benzene rings is 4. The lowest BCUT2D eigenvalue weighted by molar-refractivity contribution is -0.136. The standard InChI is InChI=1S/C22H23NO3.2C15H19NO2.C2H6/c24-21-14-11-18-19(23(21)22(25)17-9-5-2-6-10-17)12-13-20(18)26-15-16-7-3-1-4-8-16;17-15-9-6-12-13(16-15)7-8-14(12)18-10-11-4-2-1-3-5-11;17-15-13-6-7-14(12(13)8-9-16-15)18-10-11-4-2-1-3-5-11;1-2/h1-10,18-20H,11-15H2;2*1-5,12-14H,6-10H2,(H,16,17);1-2H3. The summed E-state index contributed by atoms with van der Waals surface area (Å²) in [7, 11) is 0. The number of amides is 4. The third-order valence-electron chi connectivity index (χ3n) is 13.8. The second kappa shape index (κ2) is 23.7. The maximum absolute atomic E-state index is 12.9. The predicted molar refractivity (Wildman–Crippen MR) is 247 cm³/mol. The highest BCUT2D eigenvalue weighted by Gasteiger charge is 2.47. The molecule has 3 aliphatic carbocycles. The van der Waals surface area contributed by atoms with Crippen molar-refractivity contribution in [2.24, 2.45) is 23.7 Å². The summed E-state index contributed by atoms with van der Waals surface area (Å²) in [6, 6.07) is 40.1. The van der Waals surface area contributed by atoms with Gasteiger partial charge in [-0.2, -0.15) is 0 Å². The predicted octanol–water partition coefficient (Wildman–Crippen LogP) is 9.22. The minimum atomic E-state index is -0.172. The number of likely N-dealkylation sites (tertiary alicyclic amines) is 1.